The van der Waals surface area contributed by atoms with Gasteiger partial charge in [0.15, 0.2) is 0 Å². The normalized spacial score (nSPS) is 10.5. The molecule has 4 nitrogen and oxygen atoms in total. The molecule has 0 radical (unpaired) electrons. The van der Waals surface area contributed by atoms with E-state index in [1.54, 1.807) is 23.0 Å². The average molecular weight is 251 g/mol. The van der Waals surface area contributed by atoms with E-state index >= 15 is 0 Å². The van der Waals surface area contributed by atoms with Crippen LogP contribution in [0, 0.1) is 6.92 Å². The molecule has 0 saturated carbocycles. The van der Waals surface area contributed by atoms with Crippen LogP contribution in [-0.2, 0) is 11.2 Å². The molecule has 1 N–H and O–H groups in total. The first-order valence-electron chi connectivity index (χ1n) is 5.09. The Morgan fingerprint density at radius 2 is 2.24 bits per heavy atom. The number of carbonyl (C=O) groups is 1. The van der Waals surface area contributed by atoms with E-state index in [9.17, 15) is 4.79 Å². The number of hydrogen-bond acceptors (Lipinski definition) is 2. The van der Waals surface area contributed by atoms with Gasteiger partial charge in [-0.3, -0.25) is 4.79 Å². The summed E-state index contributed by atoms with van der Waals surface area (Å²) in [4.78, 5) is 10.7. The fraction of sp³-hybridized carbons (Fsp3) is 0.167. The Morgan fingerprint density at radius 1 is 1.47 bits per heavy atom. The maximum absolute atomic E-state index is 10.7. The van der Waals surface area contributed by atoms with E-state index in [4.69, 9.17) is 16.7 Å². The second-order valence-corrected chi connectivity index (χ2v) is 4.15. The Labute approximate surface area is 103 Å². The van der Waals surface area contributed by atoms with Crippen LogP contribution in [0.25, 0.3) is 5.69 Å². The van der Waals surface area contributed by atoms with Gasteiger partial charge in [-0.15, -0.1) is 0 Å². The van der Waals surface area contributed by atoms with Crippen LogP contribution in [0.3, 0.4) is 0 Å². The first-order valence-corrected chi connectivity index (χ1v) is 5.47. The van der Waals surface area contributed by atoms with E-state index in [2.05, 4.69) is 5.10 Å². The molecule has 1 heterocycles. The maximum atomic E-state index is 10.7. The van der Waals surface area contributed by atoms with E-state index < -0.39 is 5.97 Å². The predicted octanol–water partition coefficient (Wildman–Crippen LogP) is 2.46. The highest BCUT2D eigenvalue weighted by molar-refractivity contribution is 6.31. The van der Waals surface area contributed by atoms with E-state index in [-0.39, 0.29) is 6.42 Å². The highest BCUT2D eigenvalue weighted by Crippen LogP contribution is 2.20. The van der Waals surface area contributed by atoms with Crippen LogP contribution in [0.5, 0.6) is 0 Å². The summed E-state index contributed by atoms with van der Waals surface area (Å²) < 4.78 is 1.58. The van der Waals surface area contributed by atoms with E-state index in [0.29, 0.717) is 10.7 Å². The number of carboxylic acid groups (broad SMARTS) is 1. The van der Waals surface area contributed by atoms with Crippen molar-refractivity contribution in [3.05, 3.63) is 46.7 Å². The van der Waals surface area contributed by atoms with Gasteiger partial charge in [0.1, 0.15) is 0 Å². The highest BCUT2D eigenvalue weighted by atomic mass is 35.5. The van der Waals surface area contributed by atoms with Crippen molar-refractivity contribution in [1.29, 1.82) is 0 Å². The Hall–Kier alpha value is -1.81. The lowest BCUT2D eigenvalue weighted by atomic mass is 10.2. The summed E-state index contributed by atoms with van der Waals surface area (Å²) in [6.07, 6.45) is 1.51. The number of aryl methyl sites for hydroxylation is 1. The van der Waals surface area contributed by atoms with Crippen molar-refractivity contribution in [2.24, 2.45) is 0 Å². The molecule has 0 fully saturated rings. The zero-order valence-corrected chi connectivity index (χ0v) is 9.98. The third-order valence-electron chi connectivity index (χ3n) is 2.45. The second-order valence-electron chi connectivity index (χ2n) is 3.74. The fourth-order valence-corrected chi connectivity index (χ4v) is 1.74. The molecule has 0 unspecified atom stereocenters. The van der Waals surface area contributed by atoms with Crippen LogP contribution >= 0.6 is 11.6 Å². The monoisotopic (exact) mass is 250 g/mol. The van der Waals surface area contributed by atoms with Crippen molar-refractivity contribution in [1.82, 2.24) is 9.78 Å². The second kappa shape index (κ2) is 4.59. The molecule has 0 spiro atoms. The first kappa shape index (κ1) is 11.7. The van der Waals surface area contributed by atoms with Crippen LogP contribution in [0.2, 0.25) is 5.02 Å². The Morgan fingerprint density at radius 3 is 2.88 bits per heavy atom. The molecule has 2 aromatic rings. The molecule has 0 bridgehead atoms. The van der Waals surface area contributed by atoms with Gasteiger partial charge in [0.2, 0.25) is 0 Å². The summed E-state index contributed by atoms with van der Waals surface area (Å²) in [5, 5.41) is 13.5. The molecule has 0 saturated heterocycles. The largest absolute Gasteiger partial charge is 0.481 e. The molecule has 17 heavy (non-hydrogen) atoms. The van der Waals surface area contributed by atoms with Crippen LogP contribution in [0.15, 0.2) is 30.5 Å². The molecule has 88 valence electrons. The van der Waals surface area contributed by atoms with Crippen molar-refractivity contribution in [3.8, 4) is 5.69 Å². The van der Waals surface area contributed by atoms with Crippen LogP contribution < -0.4 is 0 Å². The molecule has 0 aliphatic carbocycles. The van der Waals surface area contributed by atoms with Crippen LogP contribution in [-0.4, -0.2) is 20.9 Å². The number of rotatable bonds is 3. The third kappa shape index (κ3) is 2.47. The van der Waals surface area contributed by atoms with E-state index in [0.717, 1.165) is 11.3 Å². The molecular formula is C12H11ClN2O2. The highest BCUT2D eigenvalue weighted by Gasteiger charge is 2.09. The molecule has 5 heteroatoms. The lowest BCUT2D eigenvalue weighted by Gasteiger charge is -2.07. The van der Waals surface area contributed by atoms with Crippen molar-refractivity contribution in [2.45, 2.75) is 13.3 Å². The van der Waals surface area contributed by atoms with Crippen molar-refractivity contribution >= 4 is 17.6 Å². The maximum Gasteiger partial charge on any atom is 0.309 e. The number of carboxylic acids is 1. The summed E-state index contributed by atoms with van der Waals surface area (Å²) in [5.74, 6) is -0.884. The van der Waals surface area contributed by atoms with E-state index in [1.165, 1.54) is 0 Å². The Bertz CT molecular complexity index is 563. The standard InChI is InChI=1S/C12H11ClN2O2/c1-8-2-3-9(6-11(8)13)15-10(4-5-14-15)7-12(16)17/h2-6H,7H2,1H3,(H,16,17). The number of aromatic nitrogens is 2. The molecule has 0 aliphatic heterocycles. The number of hydrogen-bond donors (Lipinski definition) is 1. The zero-order chi connectivity index (χ0) is 12.4. The summed E-state index contributed by atoms with van der Waals surface area (Å²) >= 11 is 6.03. The van der Waals surface area contributed by atoms with Gasteiger partial charge in [0.25, 0.3) is 0 Å². The topological polar surface area (TPSA) is 55.1 Å². The molecule has 1 aromatic carbocycles. The lowest BCUT2D eigenvalue weighted by Crippen LogP contribution is -2.07. The van der Waals surface area contributed by atoms with Gasteiger partial charge in [-0.2, -0.15) is 5.10 Å². The Kier molecular flexibility index (Phi) is 3.15. The van der Waals surface area contributed by atoms with Crippen molar-refractivity contribution in [2.75, 3.05) is 0 Å². The molecule has 0 amide bonds. The molecule has 0 atom stereocenters. The zero-order valence-electron chi connectivity index (χ0n) is 9.22. The third-order valence-corrected chi connectivity index (χ3v) is 2.86. The summed E-state index contributed by atoms with van der Waals surface area (Å²) in [7, 11) is 0. The van der Waals surface area contributed by atoms with Gasteiger partial charge < -0.3 is 5.11 Å². The van der Waals surface area contributed by atoms with Crippen molar-refractivity contribution < 1.29 is 9.90 Å². The summed E-state index contributed by atoms with van der Waals surface area (Å²) in [5.41, 5.74) is 2.36. The van der Waals surface area contributed by atoms with Gasteiger partial charge in [-0.25, -0.2) is 4.68 Å². The minimum Gasteiger partial charge on any atom is -0.481 e. The number of halogens is 1. The molecule has 0 aliphatic rings. The average Bonchev–Trinajstić information content (AvgIpc) is 2.69. The van der Waals surface area contributed by atoms with Gasteiger partial charge in [-0.1, -0.05) is 17.7 Å². The van der Waals surface area contributed by atoms with Gasteiger partial charge in [0.05, 0.1) is 17.8 Å². The molecular weight excluding hydrogens is 240 g/mol. The van der Waals surface area contributed by atoms with Gasteiger partial charge in [-0.05, 0) is 30.7 Å². The first-order chi connectivity index (χ1) is 8.08. The van der Waals surface area contributed by atoms with Crippen molar-refractivity contribution in [3.63, 3.8) is 0 Å². The van der Waals surface area contributed by atoms with E-state index in [1.807, 2.05) is 19.1 Å². The predicted molar refractivity (Wildman–Crippen MR) is 64.7 cm³/mol. The van der Waals surface area contributed by atoms with Gasteiger partial charge in [0, 0.05) is 11.2 Å². The molecule has 1 aromatic heterocycles. The number of benzene rings is 1. The van der Waals surface area contributed by atoms with Gasteiger partial charge >= 0.3 is 5.97 Å². The summed E-state index contributed by atoms with van der Waals surface area (Å²) in [6.45, 7) is 1.91. The van der Waals surface area contributed by atoms with Crippen LogP contribution in [0.1, 0.15) is 11.3 Å². The Balaban J connectivity index is 2.42. The SMILES string of the molecule is Cc1ccc(-n2nccc2CC(=O)O)cc1Cl. The lowest BCUT2D eigenvalue weighted by molar-refractivity contribution is -0.136. The smallest absolute Gasteiger partial charge is 0.309 e. The minimum atomic E-state index is -0.884. The molecule has 2 rings (SSSR count). The number of nitrogens with zero attached hydrogens (tertiary/aromatic N) is 2. The minimum absolute atomic E-state index is 0.0640. The quantitative estimate of drug-likeness (QED) is 0.910. The van der Waals surface area contributed by atoms with Crippen LogP contribution in [0.4, 0.5) is 0 Å². The number of aliphatic carboxylic acids is 1. The summed E-state index contributed by atoms with van der Waals surface area (Å²) in [6, 6.07) is 7.20. The fourth-order valence-electron chi connectivity index (χ4n) is 1.57.